The number of likely N-dealkylation sites (tertiary alicyclic amines) is 1. The Labute approximate surface area is 114 Å². The van der Waals surface area contributed by atoms with E-state index in [1.807, 2.05) is 12.1 Å². The summed E-state index contributed by atoms with van der Waals surface area (Å²) in [7, 11) is 2.09. The molecule has 1 atom stereocenters. The van der Waals surface area contributed by atoms with Crippen molar-refractivity contribution >= 4 is 6.03 Å². The molecule has 19 heavy (non-hydrogen) atoms. The van der Waals surface area contributed by atoms with Crippen molar-refractivity contribution in [1.82, 2.24) is 20.5 Å². The zero-order valence-electron chi connectivity index (χ0n) is 11.4. The number of carbonyl (C=O) groups excluding carboxylic acids is 1. The van der Waals surface area contributed by atoms with Crippen LogP contribution in [0.15, 0.2) is 24.5 Å². The van der Waals surface area contributed by atoms with Gasteiger partial charge in [-0.1, -0.05) is 0 Å². The average molecular weight is 262 g/mol. The number of pyridine rings is 1. The lowest BCUT2D eigenvalue weighted by atomic mass is 10.1. The molecule has 104 valence electrons. The summed E-state index contributed by atoms with van der Waals surface area (Å²) in [4.78, 5) is 18.0. The van der Waals surface area contributed by atoms with Crippen LogP contribution in [0, 0.1) is 0 Å². The molecule has 2 amide bonds. The van der Waals surface area contributed by atoms with Gasteiger partial charge in [0, 0.05) is 31.5 Å². The summed E-state index contributed by atoms with van der Waals surface area (Å²) in [5, 5.41) is 5.94. The number of hydrogen-bond donors (Lipinski definition) is 2. The second-order valence-electron chi connectivity index (χ2n) is 5.11. The van der Waals surface area contributed by atoms with E-state index in [-0.39, 0.29) is 12.1 Å². The standard InChI is InChI=1S/C14H22N4O/c1-18-10-2-3-13(11-18)17-14(19)16-9-6-12-4-7-15-8-5-12/h4-5,7-8,13H,2-3,6,9-11H2,1H3,(H2,16,17,19)/t13-/m1/s1. The van der Waals surface area contributed by atoms with Gasteiger partial charge in [0.25, 0.3) is 0 Å². The fourth-order valence-corrected chi connectivity index (χ4v) is 2.39. The first-order chi connectivity index (χ1) is 9.24. The summed E-state index contributed by atoms with van der Waals surface area (Å²) in [6.07, 6.45) is 6.60. The van der Waals surface area contributed by atoms with Crippen LogP contribution in [0.25, 0.3) is 0 Å². The van der Waals surface area contributed by atoms with Crippen LogP contribution in [-0.4, -0.2) is 48.6 Å². The Morgan fingerprint density at radius 2 is 2.26 bits per heavy atom. The molecule has 0 radical (unpaired) electrons. The van der Waals surface area contributed by atoms with Crippen LogP contribution >= 0.6 is 0 Å². The molecule has 0 aromatic carbocycles. The molecule has 2 N–H and O–H groups in total. The molecule has 0 spiro atoms. The molecule has 1 fully saturated rings. The van der Waals surface area contributed by atoms with E-state index in [4.69, 9.17) is 0 Å². The maximum absolute atomic E-state index is 11.8. The van der Waals surface area contributed by atoms with Crippen molar-refractivity contribution in [2.75, 3.05) is 26.7 Å². The number of amides is 2. The van der Waals surface area contributed by atoms with Crippen molar-refractivity contribution in [2.45, 2.75) is 25.3 Å². The fraction of sp³-hybridized carbons (Fsp3) is 0.571. The van der Waals surface area contributed by atoms with E-state index in [0.717, 1.165) is 32.4 Å². The molecule has 1 aliphatic rings. The predicted octanol–water partition coefficient (Wildman–Crippen LogP) is 1.02. The van der Waals surface area contributed by atoms with Crippen LogP contribution in [0.2, 0.25) is 0 Å². The van der Waals surface area contributed by atoms with Gasteiger partial charge in [-0.25, -0.2) is 4.79 Å². The van der Waals surface area contributed by atoms with Gasteiger partial charge in [0.2, 0.25) is 0 Å². The zero-order chi connectivity index (χ0) is 13.5. The van der Waals surface area contributed by atoms with E-state index in [0.29, 0.717) is 6.54 Å². The Morgan fingerprint density at radius 3 is 3.00 bits per heavy atom. The molecule has 5 heteroatoms. The van der Waals surface area contributed by atoms with Crippen molar-refractivity contribution in [3.63, 3.8) is 0 Å². The third kappa shape index (κ3) is 4.87. The summed E-state index contributed by atoms with van der Waals surface area (Å²) in [6.45, 7) is 2.72. The molecular formula is C14H22N4O. The number of hydrogen-bond acceptors (Lipinski definition) is 3. The minimum atomic E-state index is -0.0608. The topological polar surface area (TPSA) is 57.3 Å². The Bertz CT molecular complexity index is 396. The highest BCUT2D eigenvalue weighted by molar-refractivity contribution is 5.74. The number of aromatic nitrogens is 1. The van der Waals surface area contributed by atoms with Crippen molar-refractivity contribution in [1.29, 1.82) is 0 Å². The molecule has 2 rings (SSSR count). The first-order valence-electron chi connectivity index (χ1n) is 6.86. The van der Waals surface area contributed by atoms with E-state index < -0.39 is 0 Å². The second-order valence-corrected chi connectivity index (χ2v) is 5.11. The van der Waals surface area contributed by atoms with Crippen molar-refractivity contribution < 1.29 is 4.79 Å². The van der Waals surface area contributed by atoms with Gasteiger partial charge in [-0.15, -0.1) is 0 Å². The van der Waals surface area contributed by atoms with E-state index in [1.165, 1.54) is 5.56 Å². The van der Waals surface area contributed by atoms with Crippen molar-refractivity contribution in [3.8, 4) is 0 Å². The molecule has 1 aromatic heterocycles. The van der Waals surface area contributed by atoms with E-state index >= 15 is 0 Å². The predicted molar refractivity (Wildman–Crippen MR) is 75.0 cm³/mol. The first kappa shape index (κ1) is 13.8. The molecule has 2 heterocycles. The summed E-state index contributed by atoms with van der Waals surface area (Å²) < 4.78 is 0. The highest BCUT2D eigenvalue weighted by Gasteiger charge is 2.18. The normalized spacial score (nSPS) is 19.9. The molecule has 0 unspecified atom stereocenters. The Hall–Kier alpha value is -1.62. The lowest BCUT2D eigenvalue weighted by Gasteiger charge is -2.30. The van der Waals surface area contributed by atoms with Crippen molar-refractivity contribution in [3.05, 3.63) is 30.1 Å². The van der Waals surface area contributed by atoms with Gasteiger partial charge in [0.15, 0.2) is 0 Å². The quantitative estimate of drug-likeness (QED) is 0.851. The molecular weight excluding hydrogens is 240 g/mol. The Kier molecular flexibility index (Phi) is 5.15. The van der Waals surface area contributed by atoms with E-state index in [1.54, 1.807) is 12.4 Å². The van der Waals surface area contributed by atoms with Crippen LogP contribution in [0.5, 0.6) is 0 Å². The summed E-state index contributed by atoms with van der Waals surface area (Å²) >= 11 is 0. The minimum absolute atomic E-state index is 0.0608. The monoisotopic (exact) mass is 262 g/mol. The maximum atomic E-state index is 11.8. The number of nitrogens with one attached hydrogen (secondary N) is 2. The van der Waals surface area contributed by atoms with Gasteiger partial charge in [-0.2, -0.15) is 0 Å². The first-order valence-corrected chi connectivity index (χ1v) is 6.86. The number of carbonyl (C=O) groups is 1. The van der Waals surface area contributed by atoms with E-state index in [9.17, 15) is 4.79 Å². The number of nitrogens with zero attached hydrogens (tertiary/aromatic N) is 2. The lowest BCUT2D eigenvalue weighted by molar-refractivity contribution is 0.209. The minimum Gasteiger partial charge on any atom is -0.338 e. The van der Waals surface area contributed by atoms with Crippen LogP contribution in [0.1, 0.15) is 18.4 Å². The smallest absolute Gasteiger partial charge is 0.315 e. The Balaban J connectivity index is 1.64. The molecule has 0 saturated carbocycles. The zero-order valence-corrected chi connectivity index (χ0v) is 11.4. The SMILES string of the molecule is CN1CCC[C@@H](NC(=O)NCCc2ccncc2)C1. The average Bonchev–Trinajstić information content (AvgIpc) is 2.40. The van der Waals surface area contributed by atoms with Gasteiger partial charge in [0.05, 0.1) is 0 Å². The maximum Gasteiger partial charge on any atom is 0.315 e. The number of rotatable bonds is 4. The van der Waals surface area contributed by atoms with Gasteiger partial charge in [-0.05, 0) is 50.6 Å². The molecule has 5 nitrogen and oxygen atoms in total. The van der Waals surface area contributed by atoms with Gasteiger partial charge in [-0.3, -0.25) is 4.98 Å². The van der Waals surface area contributed by atoms with Gasteiger partial charge < -0.3 is 15.5 Å². The fourth-order valence-electron chi connectivity index (χ4n) is 2.39. The number of piperidine rings is 1. The highest BCUT2D eigenvalue weighted by atomic mass is 16.2. The number of urea groups is 1. The molecule has 1 saturated heterocycles. The third-order valence-electron chi connectivity index (χ3n) is 3.41. The number of likely N-dealkylation sites (N-methyl/N-ethyl adjacent to an activating group) is 1. The summed E-state index contributed by atoms with van der Waals surface area (Å²) in [6, 6.07) is 4.15. The molecule has 1 aliphatic heterocycles. The lowest BCUT2D eigenvalue weighted by Crippen LogP contribution is -2.49. The van der Waals surface area contributed by atoms with Crippen molar-refractivity contribution in [2.24, 2.45) is 0 Å². The summed E-state index contributed by atoms with van der Waals surface area (Å²) in [5.74, 6) is 0. The third-order valence-corrected chi connectivity index (χ3v) is 3.41. The van der Waals surface area contributed by atoms with Gasteiger partial charge >= 0.3 is 6.03 Å². The second kappa shape index (κ2) is 7.09. The Morgan fingerprint density at radius 1 is 1.47 bits per heavy atom. The molecule has 1 aromatic rings. The van der Waals surface area contributed by atoms with Crippen LogP contribution in [-0.2, 0) is 6.42 Å². The van der Waals surface area contributed by atoms with Gasteiger partial charge in [0.1, 0.15) is 0 Å². The molecule has 0 aliphatic carbocycles. The van der Waals surface area contributed by atoms with Crippen LogP contribution in [0.3, 0.4) is 0 Å². The largest absolute Gasteiger partial charge is 0.338 e. The highest BCUT2D eigenvalue weighted by Crippen LogP contribution is 2.07. The van der Waals surface area contributed by atoms with Crippen LogP contribution < -0.4 is 10.6 Å². The summed E-state index contributed by atoms with van der Waals surface area (Å²) in [5.41, 5.74) is 1.19. The molecule has 0 bridgehead atoms. The van der Waals surface area contributed by atoms with Crippen LogP contribution in [0.4, 0.5) is 4.79 Å². The van der Waals surface area contributed by atoms with E-state index in [2.05, 4.69) is 27.6 Å².